The molecule has 2 aromatic heterocycles. The van der Waals surface area contributed by atoms with Crippen molar-refractivity contribution < 1.29 is 17.6 Å². The fourth-order valence-electron chi connectivity index (χ4n) is 2.67. The summed E-state index contributed by atoms with van der Waals surface area (Å²) in [5.41, 5.74) is 0.651. The van der Waals surface area contributed by atoms with Gasteiger partial charge in [0.15, 0.2) is 5.76 Å². The number of anilines is 1. The first kappa shape index (κ1) is 19.9. The first-order valence-electron chi connectivity index (χ1n) is 8.83. The molecule has 0 atom stereocenters. The van der Waals surface area contributed by atoms with Gasteiger partial charge in [-0.3, -0.25) is 4.79 Å². The van der Waals surface area contributed by atoms with Gasteiger partial charge in [0, 0.05) is 5.69 Å². The zero-order valence-electron chi connectivity index (χ0n) is 15.5. The van der Waals surface area contributed by atoms with Crippen LogP contribution in [0.1, 0.15) is 0 Å². The number of furan rings is 1. The molecule has 2 aromatic carbocycles. The van der Waals surface area contributed by atoms with E-state index in [4.69, 9.17) is 4.42 Å². The average molecular weight is 441 g/mol. The summed E-state index contributed by atoms with van der Waals surface area (Å²) in [7, 11) is -4.01. The van der Waals surface area contributed by atoms with Crippen molar-refractivity contribution in [3.63, 3.8) is 0 Å². The number of amides is 1. The molecule has 0 aliphatic heterocycles. The van der Waals surface area contributed by atoms with Crippen molar-refractivity contribution in [2.45, 2.75) is 10.1 Å². The maximum atomic E-state index is 13.3. The minimum Gasteiger partial charge on any atom is -0.461 e. The fraction of sp³-hybridized carbons (Fsp3) is 0.0500. The molecule has 8 nitrogen and oxygen atoms in total. The molecule has 30 heavy (non-hydrogen) atoms. The zero-order chi connectivity index (χ0) is 21.0. The molecule has 0 bridgehead atoms. The number of rotatable bonds is 7. The van der Waals surface area contributed by atoms with Crippen LogP contribution in [0, 0.1) is 0 Å². The molecule has 0 fully saturated rings. The molecule has 10 heteroatoms. The van der Waals surface area contributed by atoms with Gasteiger partial charge >= 0.3 is 0 Å². The van der Waals surface area contributed by atoms with Gasteiger partial charge in [-0.25, -0.2) is 8.42 Å². The number of nitrogens with one attached hydrogen (secondary N) is 1. The Labute approximate surface area is 177 Å². The second kappa shape index (κ2) is 8.56. The Morgan fingerprint density at radius 2 is 1.67 bits per heavy atom. The number of aromatic nitrogens is 3. The molecule has 152 valence electrons. The van der Waals surface area contributed by atoms with Crippen LogP contribution in [0.2, 0.25) is 0 Å². The largest absolute Gasteiger partial charge is 0.461 e. The maximum absolute atomic E-state index is 13.3. The third-order valence-electron chi connectivity index (χ3n) is 4.01. The van der Waals surface area contributed by atoms with Crippen LogP contribution in [0.3, 0.4) is 0 Å². The number of para-hydroxylation sites is 1. The highest BCUT2D eigenvalue weighted by Gasteiger charge is 2.28. The van der Waals surface area contributed by atoms with E-state index in [-0.39, 0.29) is 33.3 Å². The predicted molar refractivity (Wildman–Crippen MR) is 113 cm³/mol. The molecule has 1 amide bonds. The fourth-order valence-corrected chi connectivity index (χ4v) is 5.06. The molecule has 0 saturated carbocycles. The lowest BCUT2D eigenvalue weighted by Gasteiger charge is -2.10. The Morgan fingerprint density at radius 3 is 2.33 bits per heavy atom. The third kappa shape index (κ3) is 4.14. The highest BCUT2D eigenvalue weighted by Crippen LogP contribution is 2.29. The Bertz CT molecular complexity index is 1240. The third-order valence-corrected chi connectivity index (χ3v) is 6.75. The van der Waals surface area contributed by atoms with Crippen LogP contribution in [-0.2, 0) is 14.8 Å². The van der Waals surface area contributed by atoms with Gasteiger partial charge in [-0.2, -0.15) is 3.97 Å². The molecular formula is C20H16N4O4S2. The Morgan fingerprint density at radius 1 is 0.967 bits per heavy atom. The standard InChI is InChI=1S/C20H16N4O4S2/c25-18(21-15-8-3-1-4-9-15)14-29-20-23-22-19(17-12-7-13-28-17)24(20)30(26,27)16-10-5-2-6-11-16/h1-13H,14H2,(H,21,25). The lowest BCUT2D eigenvalue weighted by Crippen LogP contribution is -2.17. The van der Waals surface area contributed by atoms with Gasteiger partial charge in [0.05, 0.1) is 16.9 Å². The van der Waals surface area contributed by atoms with E-state index in [1.807, 2.05) is 6.07 Å². The molecule has 0 saturated heterocycles. The van der Waals surface area contributed by atoms with Crippen molar-refractivity contribution in [3.05, 3.63) is 79.1 Å². The zero-order valence-corrected chi connectivity index (χ0v) is 17.1. The molecule has 0 unspecified atom stereocenters. The van der Waals surface area contributed by atoms with Crippen molar-refractivity contribution in [2.75, 3.05) is 11.1 Å². The maximum Gasteiger partial charge on any atom is 0.271 e. The first-order chi connectivity index (χ1) is 14.6. The van der Waals surface area contributed by atoms with Gasteiger partial charge < -0.3 is 9.73 Å². The van der Waals surface area contributed by atoms with Gasteiger partial charge in [-0.05, 0) is 36.4 Å². The van der Waals surface area contributed by atoms with Crippen molar-refractivity contribution in [1.29, 1.82) is 0 Å². The molecule has 0 aliphatic rings. The monoisotopic (exact) mass is 440 g/mol. The van der Waals surface area contributed by atoms with Crippen molar-refractivity contribution in [3.8, 4) is 11.6 Å². The van der Waals surface area contributed by atoms with Crippen LogP contribution in [0.15, 0.2) is 93.5 Å². The van der Waals surface area contributed by atoms with Crippen LogP contribution in [0.5, 0.6) is 0 Å². The molecule has 2 heterocycles. The first-order valence-corrected chi connectivity index (χ1v) is 11.3. The normalized spacial score (nSPS) is 11.3. The SMILES string of the molecule is O=C(CSc1nnc(-c2ccco2)n1S(=O)(=O)c1ccccc1)Nc1ccccc1. The number of thioether (sulfide) groups is 1. The van der Waals surface area contributed by atoms with Gasteiger partial charge in [-0.15, -0.1) is 10.2 Å². The van der Waals surface area contributed by atoms with Gasteiger partial charge in [0.25, 0.3) is 10.0 Å². The van der Waals surface area contributed by atoms with Crippen LogP contribution in [-0.4, -0.2) is 34.2 Å². The summed E-state index contributed by atoms with van der Waals surface area (Å²) in [5.74, 6) is -0.0509. The molecule has 0 spiro atoms. The molecular weight excluding hydrogens is 424 g/mol. The van der Waals surface area contributed by atoms with Crippen LogP contribution >= 0.6 is 11.8 Å². The Hall–Kier alpha value is -3.37. The van der Waals surface area contributed by atoms with E-state index in [0.29, 0.717) is 5.69 Å². The number of nitrogens with zero attached hydrogens (tertiary/aromatic N) is 3. The second-order valence-electron chi connectivity index (χ2n) is 6.07. The minimum atomic E-state index is -4.01. The highest BCUT2D eigenvalue weighted by molar-refractivity contribution is 8.00. The van der Waals surface area contributed by atoms with E-state index in [1.54, 1.807) is 54.6 Å². The summed E-state index contributed by atoms with van der Waals surface area (Å²) in [6, 6.07) is 20.2. The Kier molecular flexibility index (Phi) is 5.68. The Balaban J connectivity index is 1.65. The molecule has 0 aliphatic carbocycles. The minimum absolute atomic E-state index is 0.0369. The molecule has 1 N–H and O–H groups in total. The van der Waals surface area contributed by atoms with Crippen molar-refractivity contribution >= 4 is 33.4 Å². The van der Waals surface area contributed by atoms with E-state index < -0.39 is 10.0 Å². The van der Waals surface area contributed by atoms with Gasteiger partial charge in [-0.1, -0.05) is 48.2 Å². The van der Waals surface area contributed by atoms with E-state index in [2.05, 4.69) is 15.5 Å². The van der Waals surface area contributed by atoms with E-state index in [1.165, 1.54) is 18.4 Å². The summed E-state index contributed by atoms with van der Waals surface area (Å²) in [6.07, 6.45) is 1.42. The predicted octanol–water partition coefficient (Wildman–Crippen LogP) is 3.51. The number of carbonyl (C=O) groups excluding carboxylic acids is 1. The highest BCUT2D eigenvalue weighted by atomic mass is 32.2. The van der Waals surface area contributed by atoms with Crippen molar-refractivity contribution in [2.24, 2.45) is 0 Å². The lowest BCUT2D eigenvalue weighted by molar-refractivity contribution is -0.113. The molecule has 4 rings (SSSR count). The number of hydrogen-bond donors (Lipinski definition) is 1. The van der Waals surface area contributed by atoms with Crippen LogP contribution in [0.25, 0.3) is 11.6 Å². The average Bonchev–Trinajstić information content (AvgIpc) is 3.43. The summed E-state index contributed by atoms with van der Waals surface area (Å²) in [4.78, 5) is 12.4. The van der Waals surface area contributed by atoms with Gasteiger partial charge in [0.2, 0.25) is 16.9 Å². The van der Waals surface area contributed by atoms with Gasteiger partial charge in [0.1, 0.15) is 0 Å². The summed E-state index contributed by atoms with van der Waals surface area (Å²) < 4.78 is 32.9. The van der Waals surface area contributed by atoms with Crippen LogP contribution in [0.4, 0.5) is 5.69 Å². The smallest absolute Gasteiger partial charge is 0.271 e. The van der Waals surface area contributed by atoms with Crippen LogP contribution < -0.4 is 5.32 Å². The number of hydrogen-bond acceptors (Lipinski definition) is 7. The quantitative estimate of drug-likeness (QED) is 0.438. The van der Waals surface area contributed by atoms with E-state index in [9.17, 15) is 13.2 Å². The molecule has 0 radical (unpaired) electrons. The lowest BCUT2D eigenvalue weighted by atomic mass is 10.3. The van der Waals surface area contributed by atoms with E-state index in [0.717, 1.165) is 15.7 Å². The van der Waals surface area contributed by atoms with Crippen molar-refractivity contribution in [1.82, 2.24) is 14.2 Å². The number of benzene rings is 2. The second-order valence-corrected chi connectivity index (χ2v) is 8.80. The number of carbonyl (C=O) groups is 1. The topological polar surface area (TPSA) is 107 Å². The summed E-state index contributed by atoms with van der Waals surface area (Å²) in [6.45, 7) is 0. The summed E-state index contributed by atoms with van der Waals surface area (Å²) >= 11 is 0.971. The molecule has 4 aromatic rings. The van der Waals surface area contributed by atoms with E-state index >= 15 is 0 Å². The summed E-state index contributed by atoms with van der Waals surface area (Å²) in [5, 5.41) is 10.8.